The first kappa shape index (κ1) is 59.1. The summed E-state index contributed by atoms with van der Waals surface area (Å²) in [6, 6.07) is 0. The van der Waals surface area contributed by atoms with Crippen molar-refractivity contribution >= 4 is 22.1 Å². The van der Waals surface area contributed by atoms with Gasteiger partial charge in [0, 0.05) is 12.8 Å². The number of hydrogen-bond acceptors (Lipinski definition) is 11. The lowest BCUT2D eigenvalue weighted by Crippen LogP contribution is -2.60. The van der Waals surface area contributed by atoms with Crippen molar-refractivity contribution in [1.82, 2.24) is 0 Å². The van der Waals surface area contributed by atoms with Gasteiger partial charge in [0.25, 0.3) is 10.1 Å². The lowest BCUT2D eigenvalue weighted by molar-refractivity contribution is -0.297. The van der Waals surface area contributed by atoms with E-state index in [2.05, 4.69) is 38.2 Å². The Balaban J connectivity index is 2.39. The molecule has 4 N–H and O–H groups in total. The van der Waals surface area contributed by atoms with Gasteiger partial charge in [0.1, 0.15) is 36.8 Å². The van der Waals surface area contributed by atoms with Gasteiger partial charge in [-0.1, -0.05) is 173 Å². The number of esters is 2. The molecule has 0 saturated carbocycles. The summed E-state index contributed by atoms with van der Waals surface area (Å²) in [5.41, 5.74) is 0. The minimum Gasteiger partial charge on any atom is -0.462 e. The summed E-state index contributed by atoms with van der Waals surface area (Å²) < 4.78 is 54.2. The van der Waals surface area contributed by atoms with Crippen molar-refractivity contribution in [2.45, 2.75) is 263 Å². The first-order valence-corrected chi connectivity index (χ1v) is 27.0. The van der Waals surface area contributed by atoms with Crippen LogP contribution in [0.2, 0.25) is 0 Å². The van der Waals surface area contributed by atoms with E-state index in [0.717, 1.165) is 57.8 Å². The van der Waals surface area contributed by atoms with Crippen molar-refractivity contribution in [1.29, 1.82) is 0 Å². The van der Waals surface area contributed by atoms with Crippen molar-refractivity contribution in [3.8, 4) is 0 Å². The van der Waals surface area contributed by atoms with Gasteiger partial charge in [-0.15, -0.1) is 0 Å². The summed E-state index contributed by atoms with van der Waals surface area (Å²) in [6.45, 7) is 3.77. The first-order valence-electron chi connectivity index (χ1n) is 25.4. The van der Waals surface area contributed by atoms with E-state index in [1.807, 2.05) is 0 Å². The second-order valence-corrected chi connectivity index (χ2v) is 19.3. The lowest BCUT2D eigenvalue weighted by atomic mass is 10.00. The highest BCUT2D eigenvalue weighted by Crippen LogP contribution is 2.24. The summed E-state index contributed by atoms with van der Waals surface area (Å²) in [5, 5.41) is 31.0. The predicted octanol–water partition coefficient (Wildman–Crippen LogP) is 11.2. The molecule has 6 unspecified atom stereocenters. The third-order valence-electron chi connectivity index (χ3n) is 11.8. The van der Waals surface area contributed by atoms with Crippen molar-refractivity contribution in [3.63, 3.8) is 0 Å². The average molecular weight is 917 g/mol. The maximum atomic E-state index is 12.9. The summed E-state index contributed by atoms with van der Waals surface area (Å²) >= 11 is 0. The van der Waals surface area contributed by atoms with E-state index in [9.17, 15) is 37.9 Å². The highest BCUT2D eigenvalue weighted by molar-refractivity contribution is 7.85. The van der Waals surface area contributed by atoms with E-state index >= 15 is 0 Å². The van der Waals surface area contributed by atoms with Gasteiger partial charge >= 0.3 is 11.9 Å². The maximum absolute atomic E-state index is 12.9. The van der Waals surface area contributed by atoms with E-state index in [0.29, 0.717) is 12.8 Å². The van der Waals surface area contributed by atoms with Gasteiger partial charge in [0.2, 0.25) is 0 Å². The van der Waals surface area contributed by atoms with Crippen molar-refractivity contribution < 1.29 is 56.8 Å². The molecule has 0 radical (unpaired) electrons. The largest absolute Gasteiger partial charge is 0.462 e. The fraction of sp³-hybridized carbons (Fsp3) is 0.880. The van der Waals surface area contributed by atoms with Gasteiger partial charge in [-0.25, -0.2) is 0 Å². The van der Waals surface area contributed by atoms with Gasteiger partial charge in [-0.2, -0.15) is 8.42 Å². The van der Waals surface area contributed by atoms with Crippen LogP contribution in [0.25, 0.3) is 0 Å². The Kier molecular flexibility index (Phi) is 37.9. The molecule has 1 fully saturated rings. The fourth-order valence-electron chi connectivity index (χ4n) is 7.78. The Bertz CT molecular complexity index is 1260. The zero-order chi connectivity index (χ0) is 46.2. The van der Waals surface area contributed by atoms with Crippen molar-refractivity contribution in [3.05, 3.63) is 24.3 Å². The molecule has 0 aromatic carbocycles. The van der Waals surface area contributed by atoms with Crippen LogP contribution in [0.15, 0.2) is 24.3 Å². The molecule has 0 spiro atoms. The molecule has 0 aliphatic carbocycles. The minimum atomic E-state index is -4.60. The zero-order valence-corrected chi connectivity index (χ0v) is 40.5. The number of allylic oxidation sites excluding steroid dienone is 4. The van der Waals surface area contributed by atoms with Crippen LogP contribution in [0.4, 0.5) is 0 Å². The molecule has 0 amide bonds. The zero-order valence-electron chi connectivity index (χ0n) is 39.7. The Hall–Kier alpha value is -1.87. The molecule has 370 valence electrons. The summed E-state index contributed by atoms with van der Waals surface area (Å²) in [7, 11) is -4.60. The van der Waals surface area contributed by atoms with E-state index in [1.54, 1.807) is 0 Å². The highest BCUT2D eigenvalue weighted by Gasteiger charge is 2.46. The van der Waals surface area contributed by atoms with Gasteiger partial charge in [0.15, 0.2) is 12.4 Å². The summed E-state index contributed by atoms with van der Waals surface area (Å²) in [4.78, 5) is 25.5. The standard InChI is InChI=1S/C50H92O12S/c1-3-5-7-9-11-13-15-17-19-21-23-25-27-29-31-33-35-37-39-46(52)61-43(41-60-50-49(55)48(54)47(53)44(62-50)42-63(56,57)58)40-59-45(51)38-36-34-32-30-28-26-24-22-20-18-16-14-12-10-8-6-4-2/h18-21,43-44,47-50,53-55H,3-17,22-42H2,1-2H3,(H,56,57,58)/b20-18-,21-19-. The van der Waals surface area contributed by atoms with E-state index in [1.165, 1.54) is 128 Å². The van der Waals surface area contributed by atoms with Crippen LogP contribution in [-0.2, 0) is 38.7 Å². The second-order valence-electron chi connectivity index (χ2n) is 17.8. The number of unbranched alkanes of at least 4 members (excludes halogenated alkanes) is 27. The molecule has 1 saturated heterocycles. The first-order chi connectivity index (χ1) is 30.5. The third-order valence-corrected chi connectivity index (χ3v) is 12.5. The van der Waals surface area contributed by atoms with Crippen LogP contribution >= 0.6 is 0 Å². The molecule has 1 aliphatic heterocycles. The number of carbonyl (C=O) groups excluding carboxylic acids is 2. The maximum Gasteiger partial charge on any atom is 0.306 e. The van der Waals surface area contributed by atoms with Crippen LogP contribution in [0.3, 0.4) is 0 Å². The van der Waals surface area contributed by atoms with Crippen molar-refractivity contribution in [2.24, 2.45) is 0 Å². The molecule has 1 heterocycles. The lowest BCUT2D eigenvalue weighted by Gasteiger charge is -2.40. The molecule has 0 aromatic rings. The number of ether oxygens (including phenoxy) is 4. The Labute approximate surface area is 383 Å². The predicted molar refractivity (Wildman–Crippen MR) is 252 cm³/mol. The normalized spacial score (nSPS) is 19.9. The minimum absolute atomic E-state index is 0.161. The van der Waals surface area contributed by atoms with Crippen LogP contribution in [-0.4, -0.2) is 96.0 Å². The number of hydrogen-bond donors (Lipinski definition) is 4. The number of rotatable bonds is 43. The van der Waals surface area contributed by atoms with Crippen LogP contribution in [0.5, 0.6) is 0 Å². The molecular weight excluding hydrogens is 825 g/mol. The van der Waals surface area contributed by atoms with E-state index in [-0.39, 0.29) is 19.4 Å². The molecule has 6 atom stereocenters. The fourth-order valence-corrected chi connectivity index (χ4v) is 8.48. The molecule has 1 aliphatic rings. The van der Waals surface area contributed by atoms with Crippen LogP contribution in [0.1, 0.15) is 226 Å². The quantitative estimate of drug-likeness (QED) is 0.0197. The molecule has 12 nitrogen and oxygen atoms in total. The number of carbonyl (C=O) groups is 2. The van der Waals surface area contributed by atoms with Crippen molar-refractivity contribution in [2.75, 3.05) is 19.0 Å². The molecule has 13 heteroatoms. The topological polar surface area (TPSA) is 186 Å². The van der Waals surface area contributed by atoms with Gasteiger partial charge in [-0.05, 0) is 64.2 Å². The highest BCUT2D eigenvalue weighted by atomic mass is 32.2. The van der Waals surface area contributed by atoms with Crippen LogP contribution in [0, 0.1) is 0 Å². The Morgan fingerprint density at radius 1 is 0.524 bits per heavy atom. The second kappa shape index (κ2) is 40.4. The van der Waals surface area contributed by atoms with Gasteiger partial charge in [-0.3, -0.25) is 14.1 Å². The summed E-state index contributed by atoms with van der Waals surface area (Å²) in [5.74, 6) is -1.98. The monoisotopic (exact) mass is 917 g/mol. The van der Waals surface area contributed by atoms with Gasteiger partial charge < -0.3 is 34.3 Å². The smallest absolute Gasteiger partial charge is 0.306 e. The van der Waals surface area contributed by atoms with Crippen LogP contribution < -0.4 is 0 Å². The molecular formula is C50H92O12S. The SMILES string of the molecule is CCCCCCCC/C=C\CCCCCCCCCC(=O)OCC(COC1OC(CS(=O)(=O)O)C(O)C(O)C1O)OC(=O)CCCCCCCCC/C=C\CCCCCCCCC. The summed E-state index contributed by atoms with van der Waals surface area (Å²) in [6.07, 6.45) is 36.4. The third kappa shape index (κ3) is 35.1. The van der Waals surface area contributed by atoms with Gasteiger partial charge in [0.05, 0.1) is 6.61 Å². The molecule has 0 bridgehead atoms. The Morgan fingerprint density at radius 2 is 0.905 bits per heavy atom. The average Bonchev–Trinajstić information content (AvgIpc) is 3.25. The number of aliphatic hydroxyl groups is 3. The number of aliphatic hydroxyl groups excluding tert-OH is 3. The molecule has 0 aromatic heterocycles. The Morgan fingerprint density at radius 3 is 1.32 bits per heavy atom. The molecule has 63 heavy (non-hydrogen) atoms. The van der Waals surface area contributed by atoms with E-state index in [4.69, 9.17) is 18.9 Å². The van der Waals surface area contributed by atoms with E-state index < -0.39 is 71.2 Å². The molecule has 1 rings (SSSR count).